The summed E-state index contributed by atoms with van der Waals surface area (Å²) in [6, 6.07) is 17.7. The average molecular weight is 409 g/mol. The van der Waals surface area contributed by atoms with Gasteiger partial charge in [0.15, 0.2) is 17.5 Å². The lowest BCUT2D eigenvalue weighted by atomic mass is 10.2. The van der Waals surface area contributed by atoms with Crippen molar-refractivity contribution in [1.29, 1.82) is 0 Å². The van der Waals surface area contributed by atoms with Crippen molar-refractivity contribution >= 4 is 5.96 Å². The molecule has 2 heterocycles. The third kappa shape index (κ3) is 5.05. The first-order valence-electron chi connectivity index (χ1n) is 10.9. The van der Waals surface area contributed by atoms with Crippen LogP contribution in [0, 0.1) is 0 Å². The Bertz CT molecular complexity index is 856. The molecule has 0 radical (unpaired) electrons. The molecule has 4 rings (SSSR count). The minimum Gasteiger partial charge on any atom is -0.490 e. The zero-order valence-electron chi connectivity index (χ0n) is 17.9. The minimum atomic E-state index is 0.377. The molecule has 0 aliphatic carbocycles. The van der Waals surface area contributed by atoms with Crippen LogP contribution in [-0.2, 0) is 13.1 Å². The number of nitrogens with one attached hydrogen (secondary N) is 2. The van der Waals surface area contributed by atoms with Crippen molar-refractivity contribution in [3.05, 3.63) is 59.7 Å². The molecule has 0 saturated carbocycles. The lowest BCUT2D eigenvalue weighted by Gasteiger charge is -2.21. The smallest absolute Gasteiger partial charge is 0.191 e. The highest BCUT2D eigenvalue weighted by Gasteiger charge is 2.29. The zero-order valence-corrected chi connectivity index (χ0v) is 17.9. The standard InChI is InChI=1S/C24H32N4O2/c1-18-14-21(17-28(18)16-19-8-4-3-5-9-19)27-24(25-2)26-15-20-10-6-11-22-23(20)30-13-7-12-29-22/h3-6,8-11,18,21H,7,12-17H2,1-2H3,(H2,25,26,27). The largest absolute Gasteiger partial charge is 0.490 e. The Morgan fingerprint density at radius 2 is 1.93 bits per heavy atom. The van der Waals surface area contributed by atoms with E-state index in [2.05, 4.69) is 63.8 Å². The van der Waals surface area contributed by atoms with Crippen molar-refractivity contribution in [1.82, 2.24) is 15.5 Å². The van der Waals surface area contributed by atoms with Gasteiger partial charge in [-0.3, -0.25) is 9.89 Å². The van der Waals surface area contributed by atoms with E-state index in [0.29, 0.717) is 31.8 Å². The quantitative estimate of drug-likeness (QED) is 0.588. The molecule has 2 aromatic carbocycles. The summed E-state index contributed by atoms with van der Waals surface area (Å²) in [5, 5.41) is 7.05. The van der Waals surface area contributed by atoms with Crippen LogP contribution in [0.1, 0.15) is 30.9 Å². The molecule has 2 aliphatic rings. The van der Waals surface area contributed by atoms with Gasteiger partial charge in [0, 0.05) is 50.7 Å². The summed E-state index contributed by atoms with van der Waals surface area (Å²) in [5.41, 5.74) is 2.45. The first-order valence-corrected chi connectivity index (χ1v) is 10.9. The van der Waals surface area contributed by atoms with Crippen LogP contribution in [0.3, 0.4) is 0 Å². The molecule has 2 N–H and O–H groups in total. The number of guanidine groups is 1. The maximum absolute atomic E-state index is 5.93. The summed E-state index contributed by atoms with van der Waals surface area (Å²) in [7, 11) is 1.82. The number of fused-ring (bicyclic) bond motifs is 1. The second kappa shape index (κ2) is 9.85. The Morgan fingerprint density at radius 1 is 1.10 bits per heavy atom. The van der Waals surface area contributed by atoms with E-state index in [1.54, 1.807) is 0 Å². The number of hydrogen-bond donors (Lipinski definition) is 2. The van der Waals surface area contributed by atoms with E-state index in [-0.39, 0.29) is 0 Å². The fourth-order valence-corrected chi connectivity index (χ4v) is 4.20. The SMILES string of the molecule is CN=C(NCc1cccc2c1OCCCO2)NC1CC(C)N(Cc2ccccc2)C1. The van der Waals surface area contributed by atoms with Crippen molar-refractivity contribution in [3.63, 3.8) is 0 Å². The molecule has 0 amide bonds. The molecule has 2 unspecified atom stereocenters. The van der Waals surface area contributed by atoms with E-state index < -0.39 is 0 Å². The topological polar surface area (TPSA) is 58.1 Å². The van der Waals surface area contributed by atoms with E-state index in [1.165, 1.54) is 5.56 Å². The molecule has 2 aromatic rings. The third-order valence-electron chi connectivity index (χ3n) is 5.80. The van der Waals surface area contributed by atoms with Crippen LogP contribution < -0.4 is 20.1 Å². The molecule has 2 aliphatic heterocycles. The summed E-state index contributed by atoms with van der Waals surface area (Å²) in [6.45, 7) is 6.33. The summed E-state index contributed by atoms with van der Waals surface area (Å²) in [5.74, 6) is 2.50. The third-order valence-corrected chi connectivity index (χ3v) is 5.80. The second-order valence-corrected chi connectivity index (χ2v) is 8.06. The Hall–Kier alpha value is -2.73. The van der Waals surface area contributed by atoms with Crippen LogP contribution in [-0.4, -0.2) is 49.7 Å². The van der Waals surface area contributed by atoms with Gasteiger partial charge in [0.1, 0.15) is 0 Å². The molecule has 1 fully saturated rings. The maximum Gasteiger partial charge on any atom is 0.191 e. The zero-order chi connectivity index (χ0) is 20.8. The van der Waals surface area contributed by atoms with Crippen LogP contribution >= 0.6 is 0 Å². The van der Waals surface area contributed by atoms with Gasteiger partial charge in [0.05, 0.1) is 13.2 Å². The van der Waals surface area contributed by atoms with Crippen LogP contribution in [0.15, 0.2) is 53.5 Å². The van der Waals surface area contributed by atoms with Crippen LogP contribution in [0.4, 0.5) is 0 Å². The molecular weight excluding hydrogens is 376 g/mol. The molecule has 30 heavy (non-hydrogen) atoms. The van der Waals surface area contributed by atoms with Crippen molar-refractivity contribution in [2.24, 2.45) is 4.99 Å². The van der Waals surface area contributed by atoms with Gasteiger partial charge >= 0.3 is 0 Å². The van der Waals surface area contributed by atoms with Crippen molar-refractivity contribution in [3.8, 4) is 11.5 Å². The molecule has 0 aromatic heterocycles. The molecule has 6 nitrogen and oxygen atoms in total. The minimum absolute atomic E-state index is 0.377. The van der Waals surface area contributed by atoms with Crippen LogP contribution in [0.2, 0.25) is 0 Å². The Kier molecular flexibility index (Phi) is 6.74. The molecule has 160 valence electrons. The number of hydrogen-bond acceptors (Lipinski definition) is 4. The summed E-state index contributed by atoms with van der Waals surface area (Å²) >= 11 is 0. The van der Waals surface area contributed by atoms with Gasteiger partial charge < -0.3 is 20.1 Å². The highest BCUT2D eigenvalue weighted by Crippen LogP contribution is 2.33. The second-order valence-electron chi connectivity index (χ2n) is 8.06. The van der Waals surface area contributed by atoms with Gasteiger partial charge in [0.2, 0.25) is 0 Å². The summed E-state index contributed by atoms with van der Waals surface area (Å²) in [4.78, 5) is 6.97. The lowest BCUT2D eigenvalue weighted by Crippen LogP contribution is -2.44. The maximum atomic E-state index is 5.93. The number of para-hydroxylation sites is 1. The molecule has 0 spiro atoms. The fourth-order valence-electron chi connectivity index (χ4n) is 4.20. The first kappa shape index (κ1) is 20.5. The van der Waals surface area contributed by atoms with Crippen molar-refractivity contribution < 1.29 is 9.47 Å². The van der Waals surface area contributed by atoms with Gasteiger partial charge in [-0.2, -0.15) is 0 Å². The Balaban J connectivity index is 1.32. The molecule has 2 atom stereocenters. The van der Waals surface area contributed by atoms with Crippen molar-refractivity contribution in [2.75, 3.05) is 26.8 Å². The van der Waals surface area contributed by atoms with E-state index >= 15 is 0 Å². The van der Waals surface area contributed by atoms with Crippen LogP contribution in [0.5, 0.6) is 11.5 Å². The van der Waals surface area contributed by atoms with E-state index in [0.717, 1.165) is 49.0 Å². The first-order chi connectivity index (χ1) is 14.7. The number of aliphatic imine (C=N–C) groups is 1. The highest BCUT2D eigenvalue weighted by molar-refractivity contribution is 5.80. The van der Waals surface area contributed by atoms with Gasteiger partial charge in [-0.1, -0.05) is 42.5 Å². The van der Waals surface area contributed by atoms with E-state index in [9.17, 15) is 0 Å². The predicted octanol–water partition coefficient (Wildman–Crippen LogP) is 3.18. The summed E-state index contributed by atoms with van der Waals surface area (Å²) in [6.07, 6.45) is 2.01. The molecule has 0 bridgehead atoms. The normalized spacial score (nSPS) is 21.9. The van der Waals surface area contributed by atoms with E-state index in [4.69, 9.17) is 9.47 Å². The average Bonchev–Trinajstić information content (AvgIpc) is 2.95. The van der Waals surface area contributed by atoms with Crippen molar-refractivity contribution in [2.45, 2.75) is 44.9 Å². The van der Waals surface area contributed by atoms with E-state index in [1.807, 2.05) is 19.2 Å². The highest BCUT2D eigenvalue weighted by atomic mass is 16.5. The number of benzene rings is 2. The lowest BCUT2D eigenvalue weighted by molar-refractivity contribution is 0.258. The van der Waals surface area contributed by atoms with Gasteiger partial charge in [-0.25, -0.2) is 0 Å². The number of nitrogens with zero attached hydrogens (tertiary/aromatic N) is 2. The number of likely N-dealkylation sites (tertiary alicyclic amines) is 1. The Labute approximate surface area is 179 Å². The molecule has 6 heteroatoms. The van der Waals surface area contributed by atoms with Gasteiger partial charge in [-0.05, 0) is 25.0 Å². The fraction of sp³-hybridized carbons (Fsp3) is 0.458. The van der Waals surface area contributed by atoms with Crippen LogP contribution in [0.25, 0.3) is 0 Å². The van der Waals surface area contributed by atoms with Gasteiger partial charge in [-0.15, -0.1) is 0 Å². The number of ether oxygens (including phenoxy) is 2. The molecule has 1 saturated heterocycles. The Morgan fingerprint density at radius 3 is 2.77 bits per heavy atom. The summed E-state index contributed by atoms with van der Waals surface area (Å²) < 4.78 is 11.7. The molecular formula is C24H32N4O2. The predicted molar refractivity (Wildman–Crippen MR) is 120 cm³/mol. The van der Waals surface area contributed by atoms with Gasteiger partial charge in [0.25, 0.3) is 0 Å². The number of rotatable bonds is 5. The monoisotopic (exact) mass is 408 g/mol.